The molecular weight excluding hydrogens is 470 g/mol. The average Bonchev–Trinajstić information content (AvgIpc) is 2.73. The van der Waals surface area contributed by atoms with Gasteiger partial charge in [-0.25, -0.2) is 8.42 Å². The summed E-state index contributed by atoms with van der Waals surface area (Å²) in [6.07, 6.45) is 0.0420. The van der Waals surface area contributed by atoms with Gasteiger partial charge in [-0.3, -0.25) is 14.8 Å². The first-order valence-electron chi connectivity index (χ1n) is 10.6. The van der Waals surface area contributed by atoms with Crippen LogP contribution in [0.3, 0.4) is 0 Å². The molecule has 3 aromatic rings. The highest BCUT2D eigenvalue weighted by Crippen LogP contribution is 2.20. The minimum absolute atomic E-state index is 0.0420. The summed E-state index contributed by atoms with van der Waals surface area (Å²) in [5, 5.41) is 5.58. The van der Waals surface area contributed by atoms with Crippen LogP contribution in [0.25, 0.3) is 0 Å². The quantitative estimate of drug-likeness (QED) is 0.397. The number of sulfonamides is 1. The van der Waals surface area contributed by atoms with Gasteiger partial charge in [-0.15, -0.1) is 0 Å². The van der Waals surface area contributed by atoms with Crippen LogP contribution >= 0.6 is 12.2 Å². The molecule has 0 atom stereocenters. The number of thiocarbonyl (C=S) groups is 1. The number of hydrogen-bond donors (Lipinski definition) is 3. The Balaban J connectivity index is 1.60. The van der Waals surface area contributed by atoms with Gasteiger partial charge in [-0.05, 0) is 112 Å². The Kier molecular flexibility index (Phi) is 7.90. The number of hydrogen-bond acceptors (Lipinski definition) is 5. The second-order valence-electron chi connectivity index (χ2n) is 8.11. The molecule has 0 aliphatic heterocycles. The molecule has 0 aromatic heterocycles. The lowest BCUT2D eigenvalue weighted by atomic mass is 10.1. The van der Waals surface area contributed by atoms with Gasteiger partial charge in [0.05, 0.1) is 11.0 Å². The van der Waals surface area contributed by atoms with E-state index in [-0.39, 0.29) is 22.0 Å². The van der Waals surface area contributed by atoms with E-state index in [1.807, 2.05) is 33.8 Å². The summed E-state index contributed by atoms with van der Waals surface area (Å²) < 4.78 is 33.6. The Bertz CT molecular complexity index is 1270. The maximum Gasteiger partial charge on any atom is 0.261 e. The van der Waals surface area contributed by atoms with Gasteiger partial charge in [0.15, 0.2) is 5.11 Å². The molecule has 0 spiro atoms. The Labute approximate surface area is 205 Å². The summed E-state index contributed by atoms with van der Waals surface area (Å²) in [6, 6.07) is 18.3. The number of carbonyl (C=O) groups is 1. The first-order valence-corrected chi connectivity index (χ1v) is 12.5. The van der Waals surface area contributed by atoms with Crippen molar-refractivity contribution in [2.75, 3.05) is 10.0 Å². The van der Waals surface area contributed by atoms with Crippen molar-refractivity contribution in [3.8, 4) is 5.75 Å². The second kappa shape index (κ2) is 10.7. The van der Waals surface area contributed by atoms with Gasteiger partial charge >= 0.3 is 0 Å². The molecule has 3 rings (SSSR count). The molecular formula is C25H27N3O4S2. The number of amides is 1. The SMILES string of the molecule is Cc1cc(C)cc(NS(=O)(=O)c2ccc(NC(=S)NC(=O)c3ccc(OC(C)C)cc3)cc2)c1. The van der Waals surface area contributed by atoms with E-state index in [9.17, 15) is 13.2 Å². The molecule has 3 N–H and O–H groups in total. The first kappa shape index (κ1) is 25.2. The zero-order valence-corrected chi connectivity index (χ0v) is 21.0. The van der Waals surface area contributed by atoms with E-state index in [0.29, 0.717) is 22.7 Å². The van der Waals surface area contributed by atoms with Crippen molar-refractivity contribution in [3.05, 3.63) is 83.4 Å². The summed E-state index contributed by atoms with van der Waals surface area (Å²) in [5.41, 5.74) is 3.41. The summed E-state index contributed by atoms with van der Waals surface area (Å²) in [4.78, 5) is 12.5. The number of ether oxygens (including phenoxy) is 1. The van der Waals surface area contributed by atoms with Gasteiger partial charge in [0.2, 0.25) is 0 Å². The fraction of sp³-hybridized carbons (Fsp3) is 0.200. The van der Waals surface area contributed by atoms with Crippen LogP contribution in [-0.4, -0.2) is 25.5 Å². The van der Waals surface area contributed by atoms with Crippen LogP contribution in [0.4, 0.5) is 11.4 Å². The Morgan fingerprint density at radius 3 is 2.03 bits per heavy atom. The van der Waals surface area contributed by atoms with E-state index in [0.717, 1.165) is 11.1 Å². The standard InChI is InChI=1S/C25H27N3O4S2/c1-16(2)32-22-9-5-19(6-10-22)24(29)27-25(33)26-20-7-11-23(12-8-20)34(30,31)28-21-14-17(3)13-18(4)15-21/h5-16,28H,1-4H3,(H2,26,27,29,33). The minimum atomic E-state index is -3.75. The maximum absolute atomic E-state index is 12.7. The van der Waals surface area contributed by atoms with E-state index in [2.05, 4.69) is 15.4 Å². The molecule has 9 heteroatoms. The van der Waals surface area contributed by atoms with Gasteiger partial charge in [0, 0.05) is 16.9 Å². The van der Waals surface area contributed by atoms with E-state index in [1.54, 1.807) is 48.5 Å². The number of anilines is 2. The third kappa shape index (κ3) is 7.03. The van der Waals surface area contributed by atoms with Crippen LogP contribution in [0, 0.1) is 13.8 Å². The third-order valence-corrected chi connectivity index (χ3v) is 6.21. The van der Waals surface area contributed by atoms with Crippen molar-refractivity contribution in [3.63, 3.8) is 0 Å². The predicted octanol–water partition coefficient (Wildman–Crippen LogP) is 5.02. The number of benzene rings is 3. The summed E-state index contributed by atoms with van der Waals surface area (Å²) >= 11 is 5.21. The maximum atomic E-state index is 12.7. The number of aryl methyl sites for hydroxylation is 2. The predicted molar refractivity (Wildman–Crippen MR) is 139 cm³/mol. The van der Waals surface area contributed by atoms with E-state index < -0.39 is 10.0 Å². The highest BCUT2D eigenvalue weighted by molar-refractivity contribution is 7.92. The van der Waals surface area contributed by atoms with Crippen molar-refractivity contribution in [2.24, 2.45) is 0 Å². The molecule has 0 fully saturated rings. The highest BCUT2D eigenvalue weighted by atomic mass is 32.2. The lowest BCUT2D eigenvalue weighted by Crippen LogP contribution is -2.34. The Morgan fingerprint density at radius 2 is 1.47 bits per heavy atom. The fourth-order valence-corrected chi connectivity index (χ4v) is 4.51. The van der Waals surface area contributed by atoms with Crippen LogP contribution in [-0.2, 0) is 10.0 Å². The van der Waals surface area contributed by atoms with Crippen LogP contribution in [0.2, 0.25) is 0 Å². The summed E-state index contributed by atoms with van der Waals surface area (Å²) in [6.45, 7) is 7.66. The lowest BCUT2D eigenvalue weighted by Gasteiger charge is -2.12. The van der Waals surface area contributed by atoms with Crippen molar-refractivity contribution in [1.29, 1.82) is 0 Å². The number of rotatable bonds is 7. The van der Waals surface area contributed by atoms with Crippen LogP contribution in [0.5, 0.6) is 5.75 Å². The zero-order chi connectivity index (χ0) is 24.9. The Morgan fingerprint density at radius 1 is 0.882 bits per heavy atom. The number of nitrogens with one attached hydrogen (secondary N) is 3. The van der Waals surface area contributed by atoms with Gasteiger partial charge in [0.25, 0.3) is 15.9 Å². The molecule has 0 aliphatic rings. The summed E-state index contributed by atoms with van der Waals surface area (Å²) in [5.74, 6) is 0.305. The molecule has 0 bridgehead atoms. The van der Waals surface area contributed by atoms with Crippen LogP contribution in [0.1, 0.15) is 35.3 Å². The molecule has 0 radical (unpaired) electrons. The molecule has 3 aromatic carbocycles. The van der Waals surface area contributed by atoms with Crippen LogP contribution < -0.4 is 20.1 Å². The minimum Gasteiger partial charge on any atom is -0.491 e. The second-order valence-corrected chi connectivity index (χ2v) is 10.2. The first-order chi connectivity index (χ1) is 16.0. The monoisotopic (exact) mass is 497 g/mol. The molecule has 178 valence electrons. The van der Waals surface area contributed by atoms with E-state index >= 15 is 0 Å². The zero-order valence-electron chi connectivity index (χ0n) is 19.4. The highest BCUT2D eigenvalue weighted by Gasteiger charge is 2.15. The Hall–Kier alpha value is -3.43. The molecule has 0 saturated carbocycles. The fourth-order valence-electron chi connectivity index (χ4n) is 3.26. The molecule has 0 aliphatic carbocycles. The topological polar surface area (TPSA) is 96.5 Å². The number of carbonyl (C=O) groups excluding carboxylic acids is 1. The van der Waals surface area contributed by atoms with Gasteiger partial charge < -0.3 is 10.1 Å². The molecule has 0 saturated heterocycles. The molecule has 1 amide bonds. The average molecular weight is 498 g/mol. The normalized spacial score (nSPS) is 11.1. The van der Waals surface area contributed by atoms with Crippen molar-refractivity contribution in [1.82, 2.24) is 5.32 Å². The smallest absolute Gasteiger partial charge is 0.261 e. The van der Waals surface area contributed by atoms with E-state index in [4.69, 9.17) is 17.0 Å². The lowest BCUT2D eigenvalue weighted by molar-refractivity contribution is 0.0977. The van der Waals surface area contributed by atoms with Gasteiger partial charge in [-0.2, -0.15) is 0 Å². The van der Waals surface area contributed by atoms with Gasteiger partial charge in [0.1, 0.15) is 5.75 Å². The van der Waals surface area contributed by atoms with E-state index in [1.165, 1.54) is 12.1 Å². The largest absolute Gasteiger partial charge is 0.491 e. The van der Waals surface area contributed by atoms with Gasteiger partial charge in [-0.1, -0.05) is 6.07 Å². The third-order valence-electron chi connectivity index (χ3n) is 4.61. The summed E-state index contributed by atoms with van der Waals surface area (Å²) in [7, 11) is -3.75. The van der Waals surface area contributed by atoms with Crippen molar-refractivity contribution < 1.29 is 17.9 Å². The molecule has 0 unspecified atom stereocenters. The molecule has 0 heterocycles. The molecule has 7 nitrogen and oxygen atoms in total. The van der Waals surface area contributed by atoms with Crippen molar-refractivity contribution >= 4 is 44.6 Å². The van der Waals surface area contributed by atoms with Crippen LogP contribution in [0.15, 0.2) is 71.6 Å². The van der Waals surface area contributed by atoms with Crippen molar-refractivity contribution in [2.45, 2.75) is 38.7 Å². The molecule has 34 heavy (non-hydrogen) atoms.